The Morgan fingerprint density at radius 1 is 1.12 bits per heavy atom. The first-order chi connectivity index (χ1) is 11.8. The molecule has 5 nitrogen and oxygen atoms in total. The van der Waals surface area contributed by atoms with Crippen LogP contribution in [0.3, 0.4) is 0 Å². The lowest BCUT2D eigenvalue weighted by Gasteiger charge is -2.19. The highest BCUT2D eigenvalue weighted by atomic mass is 16.1. The first-order valence-electron chi connectivity index (χ1n) is 8.52. The lowest BCUT2D eigenvalue weighted by atomic mass is 9.87. The molecule has 0 radical (unpaired) electrons. The van der Waals surface area contributed by atoms with Crippen molar-refractivity contribution in [2.24, 2.45) is 0 Å². The quantitative estimate of drug-likeness (QED) is 0.843. The minimum atomic E-state index is -0.137. The summed E-state index contributed by atoms with van der Waals surface area (Å²) in [4.78, 5) is 18.8. The zero-order valence-corrected chi connectivity index (χ0v) is 15.8. The van der Waals surface area contributed by atoms with Crippen LogP contribution in [0.2, 0.25) is 0 Å². The van der Waals surface area contributed by atoms with Crippen LogP contribution in [0.25, 0.3) is 0 Å². The number of amides is 1. The zero-order valence-electron chi connectivity index (χ0n) is 15.8. The number of pyridine rings is 1. The molecule has 0 fully saturated rings. The standard InChI is InChI=1S/C20H28N4O/c1-20(2,3)16-6-8-17(9-7-16)23-19(25)15-10-11-21-18(14-15)22-12-13-24(4)5/h6-11,14H,12-13H2,1-5H3,(H,21,22)(H,23,25). The molecule has 134 valence electrons. The van der Waals surface area contributed by atoms with Crippen molar-refractivity contribution in [3.05, 3.63) is 53.7 Å². The van der Waals surface area contributed by atoms with Crippen molar-refractivity contribution in [3.63, 3.8) is 0 Å². The van der Waals surface area contributed by atoms with E-state index in [0.717, 1.165) is 18.8 Å². The summed E-state index contributed by atoms with van der Waals surface area (Å²) in [5, 5.41) is 6.16. The monoisotopic (exact) mass is 340 g/mol. The van der Waals surface area contributed by atoms with Gasteiger partial charge in [0.15, 0.2) is 0 Å². The van der Waals surface area contributed by atoms with Crippen molar-refractivity contribution in [2.45, 2.75) is 26.2 Å². The second kappa shape index (κ2) is 8.12. The molecule has 2 rings (SSSR count). The predicted molar refractivity (Wildman–Crippen MR) is 104 cm³/mol. The molecule has 2 aromatic rings. The molecular weight excluding hydrogens is 312 g/mol. The SMILES string of the molecule is CN(C)CCNc1cc(C(=O)Nc2ccc(C(C)(C)C)cc2)ccn1. The van der Waals surface area contributed by atoms with Gasteiger partial charge in [0.05, 0.1) is 0 Å². The van der Waals surface area contributed by atoms with Gasteiger partial charge >= 0.3 is 0 Å². The summed E-state index contributed by atoms with van der Waals surface area (Å²) in [6, 6.07) is 11.5. The van der Waals surface area contributed by atoms with Gasteiger partial charge in [-0.15, -0.1) is 0 Å². The molecular formula is C20H28N4O. The molecule has 0 atom stereocenters. The Morgan fingerprint density at radius 3 is 2.40 bits per heavy atom. The third kappa shape index (κ3) is 5.87. The maximum absolute atomic E-state index is 12.5. The molecule has 25 heavy (non-hydrogen) atoms. The second-order valence-corrected chi connectivity index (χ2v) is 7.44. The number of rotatable bonds is 6. The van der Waals surface area contributed by atoms with Crippen LogP contribution in [0.15, 0.2) is 42.6 Å². The number of likely N-dealkylation sites (N-methyl/N-ethyl adjacent to an activating group) is 1. The molecule has 0 saturated heterocycles. The van der Waals surface area contributed by atoms with Crippen molar-refractivity contribution in [1.29, 1.82) is 0 Å². The topological polar surface area (TPSA) is 57.3 Å². The number of nitrogens with one attached hydrogen (secondary N) is 2. The van der Waals surface area contributed by atoms with E-state index >= 15 is 0 Å². The van der Waals surface area contributed by atoms with Gasteiger partial charge in [0, 0.05) is 30.5 Å². The molecule has 0 aliphatic heterocycles. The molecule has 0 spiro atoms. The molecule has 1 aromatic heterocycles. The molecule has 1 amide bonds. The Balaban J connectivity index is 2.00. The third-order valence-electron chi connectivity index (χ3n) is 3.90. The summed E-state index contributed by atoms with van der Waals surface area (Å²) in [5.41, 5.74) is 2.71. The summed E-state index contributed by atoms with van der Waals surface area (Å²) in [6.45, 7) is 8.19. The van der Waals surface area contributed by atoms with Crippen molar-refractivity contribution < 1.29 is 4.79 Å². The van der Waals surface area contributed by atoms with E-state index < -0.39 is 0 Å². The van der Waals surface area contributed by atoms with E-state index in [4.69, 9.17) is 0 Å². The van der Waals surface area contributed by atoms with Crippen LogP contribution < -0.4 is 10.6 Å². The van der Waals surface area contributed by atoms with Crippen molar-refractivity contribution in [3.8, 4) is 0 Å². The molecule has 2 N–H and O–H groups in total. The summed E-state index contributed by atoms with van der Waals surface area (Å²) in [6.07, 6.45) is 1.65. The highest BCUT2D eigenvalue weighted by molar-refractivity contribution is 6.04. The zero-order chi connectivity index (χ0) is 18.4. The van der Waals surface area contributed by atoms with Crippen LogP contribution in [0.5, 0.6) is 0 Å². The molecule has 1 aromatic carbocycles. The van der Waals surface area contributed by atoms with Gasteiger partial charge in [-0.25, -0.2) is 4.98 Å². The molecule has 0 unspecified atom stereocenters. The van der Waals surface area contributed by atoms with E-state index in [2.05, 4.69) is 53.4 Å². The van der Waals surface area contributed by atoms with Gasteiger partial charge in [0.2, 0.25) is 0 Å². The van der Waals surface area contributed by atoms with Gasteiger partial charge < -0.3 is 15.5 Å². The highest BCUT2D eigenvalue weighted by Gasteiger charge is 2.13. The molecule has 0 bridgehead atoms. The van der Waals surface area contributed by atoms with Gasteiger partial charge in [-0.2, -0.15) is 0 Å². The summed E-state index contributed by atoms with van der Waals surface area (Å²) >= 11 is 0. The average molecular weight is 340 g/mol. The number of aromatic nitrogens is 1. The summed E-state index contributed by atoms with van der Waals surface area (Å²) < 4.78 is 0. The van der Waals surface area contributed by atoms with E-state index in [1.54, 1.807) is 18.3 Å². The Kier molecular flexibility index (Phi) is 6.15. The molecule has 0 aliphatic carbocycles. The average Bonchev–Trinajstić information content (AvgIpc) is 2.54. The fourth-order valence-electron chi connectivity index (χ4n) is 2.33. The van der Waals surface area contributed by atoms with E-state index in [-0.39, 0.29) is 11.3 Å². The van der Waals surface area contributed by atoms with Crippen LogP contribution in [0.1, 0.15) is 36.7 Å². The first kappa shape index (κ1) is 18.9. The van der Waals surface area contributed by atoms with Gasteiger partial charge in [-0.3, -0.25) is 4.79 Å². The number of hydrogen-bond donors (Lipinski definition) is 2. The Bertz CT molecular complexity index is 702. The number of carbonyl (C=O) groups is 1. The first-order valence-corrected chi connectivity index (χ1v) is 8.52. The van der Waals surface area contributed by atoms with E-state index in [9.17, 15) is 4.79 Å². The number of carbonyl (C=O) groups excluding carboxylic acids is 1. The maximum Gasteiger partial charge on any atom is 0.255 e. The Hall–Kier alpha value is -2.40. The van der Waals surface area contributed by atoms with Crippen LogP contribution in [-0.2, 0) is 5.41 Å². The number of anilines is 2. The predicted octanol–water partition coefficient (Wildman–Crippen LogP) is 3.60. The third-order valence-corrected chi connectivity index (χ3v) is 3.90. The maximum atomic E-state index is 12.5. The minimum absolute atomic E-state index is 0.0980. The molecule has 0 aliphatic rings. The van der Waals surface area contributed by atoms with E-state index in [1.807, 2.05) is 26.2 Å². The largest absolute Gasteiger partial charge is 0.369 e. The number of benzene rings is 1. The smallest absolute Gasteiger partial charge is 0.255 e. The normalized spacial score (nSPS) is 11.4. The lowest BCUT2D eigenvalue weighted by Crippen LogP contribution is -2.21. The summed E-state index contributed by atoms with van der Waals surface area (Å²) in [5.74, 6) is 0.569. The molecule has 0 saturated carbocycles. The summed E-state index contributed by atoms with van der Waals surface area (Å²) in [7, 11) is 4.04. The van der Waals surface area contributed by atoms with Crippen LogP contribution in [-0.4, -0.2) is 43.0 Å². The lowest BCUT2D eigenvalue weighted by molar-refractivity contribution is 0.102. The molecule has 1 heterocycles. The van der Waals surface area contributed by atoms with Crippen LogP contribution in [0.4, 0.5) is 11.5 Å². The van der Waals surface area contributed by atoms with Gasteiger partial charge in [0.1, 0.15) is 5.82 Å². The van der Waals surface area contributed by atoms with Gasteiger partial charge in [-0.05, 0) is 49.3 Å². The highest BCUT2D eigenvalue weighted by Crippen LogP contribution is 2.23. The van der Waals surface area contributed by atoms with E-state index in [1.165, 1.54) is 5.56 Å². The van der Waals surface area contributed by atoms with Gasteiger partial charge in [-0.1, -0.05) is 32.9 Å². The van der Waals surface area contributed by atoms with Crippen LogP contribution in [0, 0.1) is 0 Å². The number of nitrogens with zero attached hydrogens (tertiary/aromatic N) is 2. The molecule has 5 heteroatoms. The Labute approximate surface area is 150 Å². The number of hydrogen-bond acceptors (Lipinski definition) is 4. The second-order valence-electron chi connectivity index (χ2n) is 7.44. The van der Waals surface area contributed by atoms with Crippen LogP contribution >= 0.6 is 0 Å². The fourth-order valence-corrected chi connectivity index (χ4v) is 2.33. The fraction of sp³-hybridized carbons (Fsp3) is 0.400. The minimum Gasteiger partial charge on any atom is -0.369 e. The van der Waals surface area contributed by atoms with Gasteiger partial charge in [0.25, 0.3) is 5.91 Å². The van der Waals surface area contributed by atoms with Crippen molar-refractivity contribution in [1.82, 2.24) is 9.88 Å². The van der Waals surface area contributed by atoms with Crippen molar-refractivity contribution >= 4 is 17.4 Å². The Morgan fingerprint density at radius 2 is 1.80 bits per heavy atom. The van der Waals surface area contributed by atoms with E-state index in [0.29, 0.717) is 11.4 Å². The van der Waals surface area contributed by atoms with Crippen molar-refractivity contribution in [2.75, 3.05) is 37.8 Å².